The van der Waals surface area contributed by atoms with Crippen molar-refractivity contribution >= 4 is 27.7 Å². The van der Waals surface area contributed by atoms with Gasteiger partial charge in [-0.3, -0.25) is 10.1 Å². The van der Waals surface area contributed by atoms with Gasteiger partial charge in [0, 0.05) is 12.1 Å². The number of benzene rings is 1. The van der Waals surface area contributed by atoms with E-state index in [4.69, 9.17) is 0 Å². The van der Waals surface area contributed by atoms with Crippen molar-refractivity contribution in [1.82, 2.24) is 5.32 Å². The smallest absolute Gasteiger partial charge is 0.284 e. The molecule has 0 aliphatic carbocycles. The van der Waals surface area contributed by atoms with E-state index in [1.165, 1.54) is 0 Å². The quantitative estimate of drug-likeness (QED) is 0.665. The van der Waals surface area contributed by atoms with E-state index >= 15 is 0 Å². The van der Waals surface area contributed by atoms with Crippen molar-refractivity contribution in [2.45, 2.75) is 26.8 Å². The number of halogens is 1. The van der Waals surface area contributed by atoms with E-state index in [9.17, 15) is 10.1 Å². The van der Waals surface area contributed by atoms with E-state index in [-0.39, 0.29) is 16.7 Å². The molecule has 0 aliphatic rings. The number of nitrogens with one attached hydrogen (secondary N) is 1. The summed E-state index contributed by atoms with van der Waals surface area (Å²) in [5.74, 6) is 0. The number of nitrogens with zero attached hydrogens (tertiary/aromatic N) is 1. The minimum Gasteiger partial charge on any atom is -0.311 e. The molecule has 0 saturated carbocycles. The zero-order valence-electron chi connectivity index (χ0n) is 10.7. The van der Waals surface area contributed by atoms with Crippen LogP contribution in [0, 0.1) is 10.1 Å². The van der Waals surface area contributed by atoms with Gasteiger partial charge in [-0.2, -0.15) is 0 Å². The van der Waals surface area contributed by atoms with Crippen LogP contribution in [0.2, 0.25) is 0 Å². The van der Waals surface area contributed by atoms with Crippen molar-refractivity contribution in [2.24, 2.45) is 0 Å². The second-order valence-corrected chi connectivity index (χ2v) is 4.99. The summed E-state index contributed by atoms with van der Waals surface area (Å²) >= 11 is 3.18. The van der Waals surface area contributed by atoms with Crippen molar-refractivity contribution in [3.8, 4) is 0 Å². The van der Waals surface area contributed by atoms with Gasteiger partial charge in [-0.25, -0.2) is 0 Å². The number of hydrogen-bond acceptors (Lipinski definition) is 3. The van der Waals surface area contributed by atoms with Crippen LogP contribution in [-0.4, -0.2) is 17.5 Å². The molecule has 0 heterocycles. The third-order valence-corrected chi connectivity index (χ3v) is 3.43. The van der Waals surface area contributed by atoms with Gasteiger partial charge >= 0.3 is 0 Å². The Labute approximate surface area is 115 Å². The Bertz CT molecular complexity index is 472. The van der Waals surface area contributed by atoms with E-state index in [0.29, 0.717) is 4.47 Å². The molecule has 1 unspecified atom stereocenters. The summed E-state index contributed by atoms with van der Waals surface area (Å²) in [6, 6.07) is 5.40. The molecule has 1 rings (SSSR count). The van der Waals surface area contributed by atoms with Gasteiger partial charge in [0.05, 0.1) is 9.40 Å². The molecule has 0 aliphatic heterocycles. The minimum atomic E-state index is -0.384. The van der Waals surface area contributed by atoms with Crippen LogP contribution < -0.4 is 5.32 Å². The first-order chi connectivity index (χ1) is 8.45. The Kier molecular flexibility index (Phi) is 5.50. The van der Waals surface area contributed by atoms with Crippen LogP contribution in [0.15, 0.2) is 28.2 Å². The lowest BCUT2D eigenvalue weighted by Crippen LogP contribution is -2.26. The van der Waals surface area contributed by atoms with Crippen LogP contribution in [0.5, 0.6) is 0 Å². The third kappa shape index (κ3) is 3.92. The van der Waals surface area contributed by atoms with Gasteiger partial charge in [-0.05, 0) is 48.0 Å². The fraction of sp³-hybridized carbons (Fsp3) is 0.385. The maximum atomic E-state index is 10.8. The average molecular weight is 313 g/mol. The number of hydrogen-bond donors (Lipinski definition) is 1. The second-order valence-electron chi connectivity index (χ2n) is 4.14. The molecule has 0 amide bonds. The van der Waals surface area contributed by atoms with Gasteiger partial charge in [0.2, 0.25) is 0 Å². The molecule has 0 radical (unpaired) electrons. The van der Waals surface area contributed by atoms with Crippen molar-refractivity contribution in [2.75, 3.05) is 6.54 Å². The molecule has 1 atom stereocenters. The van der Waals surface area contributed by atoms with Gasteiger partial charge in [0.25, 0.3) is 5.69 Å². The summed E-state index contributed by atoms with van der Waals surface area (Å²) in [5, 5.41) is 14.1. The molecule has 1 N–H and O–H groups in total. The first kappa shape index (κ1) is 14.9. The molecule has 0 aromatic heterocycles. The van der Waals surface area contributed by atoms with Crippen LogP contribution in [-0.2, 0) is 0 Å². The topological polar surface area (TPSA) is 55.2 Å². The zero-order chi connectivity index (χ0) is 13.7. The highest BCUT2D eigenvalue weighted by Crippen LogP contribution is 2.26. The second kappa shape index (κ2) is 6.66. The lowest BCUT2D eigenvalue weighted by atomic mass is 10.1. The highest BCUT2D eigenvalue weighted by atomic mass is 79.9. The van der Waals surface area contributed by atoms with Gasteiger partial charge in [0.1, 0.15) is 0 Å². The Balaban J connectivity index is 3.01. The number of nitro groups is 1. The Hall–Kier alpha value is -1.20. The Morgan fingerprint density at radius 3 is 2.83 bits per heavy atom. The molecular formula is C13H17BrN2O2. The largest absolute Gasteiger partial charge is 0.311 e. The van der Waals surface area contributed by atoms with Crippen molar-refractivity contribution in [3.05, 3.63) is 43.9 Å². The standard InChI is InChI=1S/C13H17BrN2O2/c1-4-15-10(3)9(2)7-11-5-6-12(14)13(8-11)16(17)18/h5-8,10,15H,4H2,1-3H3/b9-7+. The molecule has 0 saturated heterocycles. The lowest BCUT2D eigenvalue weighted by Gasteiger charge is -2.12. The SMILES string of the molecule is CCNC(C)/C(C)=C/c1ccc(Br)c([N+](=O)[O-])c1. The third-order valence-electron chi connectivity index (χ3n) is 2.75. The normalized spacial score (nSPS) is 13.4. The van der Waals surface area contributed by atoms with Gasteiger partial charge in [-0.1, -0.05) is 24.6 Å². The Morgan fingerprint density at radius 2 is 2.28 bits per heavy atom. The van der Waals surface area contributed by atoms with Crippen molar-refractivity contribution in [1.29, 1.82) is 0 Å². The van der Waals surface area contributed by atoms with E-state index in [2.05, 4.69) is 28.2 Å². The lowest BCUT2D eigenvalue weighted by molar-refractivity contribution is -0.385. The van der Waals surface area contributed by atoms with Gasteiger partial charge in [0.15, 0.2) is 0 Å². The van der Waals surface area contributed by atoms with E-state index < -0.39 is 0 Å². The highest BCUT2D eigenvalue weighted by molar-refractivity contribution is 9.10. The number of nitro benzene ring substituents is 1. The predicted molar refractivity (Wildman–Crippen MR) is 77.6 cm³/mol. The Morgan fingerprint density at radius 1 is 1.61 bits per heavy atom. The number of likely N-dealkylation sites (N-methyl/N-ethyl adjacent to an activating group) is 1. The fourth-order valence-corrected chi connectivity index (χ4v) is 2.01. The van der Waals surface area contributed by atoms with Crippen molar-refractivity contribution in [3.63, 3.8) is 0 Å². The summed E-state index contributed by atoms with van der Waals surface area (Å²) < 4.78 is 0.502. The van der Waals surface area contributed by atoms with Gasteiger partial charge in [-0.15, -0.1) is 0 Å². The summed E-state index contributed by atoms with van der Waals surface area (Å²) in [6.45, 7) is 7.03. The zero-order valence-corrected chi connectivity index (χ0v) is 12.3. The summed E-state index contributed by atoms with van der Waals surface area (Å²) in [4.78, 5) is 10.5. The molecule has 1 aromatic carbocycles. The molecule has 1 aromatic rings. The van der Waals surface area contributed by atoms with Gasteiger partial charge < -0.3 is 5.32 Å². The van der Waals surface area contributed by atoms with Crippen LogP contribution >= 0.6 is 15.9 Å². The summed E-state index contributed by atoms with van der Waals surface area (Å²) in [6.07, 6.45) is 1.97. The summed E-state index contributed by atoms with van der Waals surface area (Å²) in [5.41, 5.74) is 2.08. The molecule has 5 heteroatoms. The van der Waals surface area contributed by atoms with Crippen LogP contribution in [0.1, 0.15) is 26.3 Å². The minimum absolute atomic E-state index is 0.0904. The molecule has 0 fully saturated rings. The maximum Gasteiger partial charge on any atom is 0.284 e. The number of rotatable bonds is 5. The monoisotopic (exact) mass is 312 g/mol. The summed E-state index contributed by atoms with van der Waals surface area (Å²) in [7, 11) is 0. The maximum absolute atomic E-state index is 10.8. The predicted octanol–water partition coefficient (Wildman–Crippen LogP) is 3.76. The van der Waals surface area contributed by atoms with E-state index in [1.54, 1.807) is 12.1 Å². The van der Waals surface area contributed by atoms with Crippen molar-refractivity contribution < 1.29 is 4.92 Å². The van der Waals surface area contributed by atoms with E-state index in [0.717, 1.165) is 17.7 Å². The van der Waals surface area contributed by atoms with Crippen LogP contribution in [0.25, 0.3) is 6.08 Å². The fourth-order valence-electron chi connectivity index (χ4n) is 1.61. The molecule has 0 spiro atoms. The van der Waals surface area contributed by atoms with E-state index in [1.807, 2.05) is 26.0 Å². The molecule has 18 heavy (non-hydrogen) atoms. The molecule has 4 nitrogen and oxygen atoms in total. The average Bonchev–Trinajstić information content (AvgIpc) is 2.31. The van der Waals surface area contributed by atoms with Crippen LogP contribution in [0.4, 0.5) is 5.69 Å². The molecule has 98 valence electrons. The molecular weight excluding hydrogens is 296 g/mol. The first-order valence-electron chi connectivity index (χ1n) is 5.81. The highest BCUT2D eigenvalue weighted by Gasteiger charge is 2.12. The first-order valence-corrected chi connectivity index (χ1v) is 6.60. The molecule has 0 bridgehead atoms. The van der Waals surface area contributed by atoms with Crippen LogP contribution in [0.3, 0.4) is 0 Å².